The molecular weight excluding hydrogens is 266 g/mol. The van der Waals surface area contributed by atoms with Crippen LogP contribution in [0.3, 0.4) is 0 Å². The van der Waals surface area contributed by atoms with Crippen molar-refractivity contribution >= 4 is 0 Å². The Hall–Kier alpha value is -1.93. The fourth-order valence-corrected chi connectivity index (χ4v) is 1.95. The third kappa shape index (κ3) is 4.83. The van der Waals surface area contributed by atoms with E-state index in [0.29, 0.717) is 25.4 Å². The second-order valence-electron chi connectivity index (χ2n) is 4.61. The van der Waals surface area contributed by atoms with Crippen LogP contribution in [0.15, 0.2) is 48.6 Å². The van der Waals surface area contributed by atoms with E-state index in [4.69, 9.17) is 19.5 Å². The molecule has 0 N–H and O–H groups in total. The lowest BCUT2D eigenvalue weighted by Gasteiger charge is -2.29. The molecule has 110 valence electrons. The fraction of sp³-hybridized carbons (Fsp3) is 0.353. The van der Waals surface area contributed by atoms with E-state index in [-0.39, 0.29) is 12.4 Å². The summed E-state index contributed by atoms with van der Waals surface area (Å²) >= 11 is 0. The molecule has 0 spiro atoms. The van der Waals surface area contributed by atoms with Crippen molar-refractivity contribution in [2.45, 2.75) is 19.3 Å². The number of rotatable bonds is 5. The van der Waals surface area contributed by atoms with E-state index in [0.717, 1.165) is 5.56 Å². The molecule has 2 rings (SSSR count). The average molecular weight is 285 g/mol. The molecule has 0 saturated carbocycles. The van der Waals surface area contributed by atoms with Gasteiger partial charge < -0.3 is 14.2 Å². The van der Waals surface area contributed by atoms with Gasteiger partial charge in [-0.25, -0.2) is 0 Å². The standard InChI is InChI=1S/C17H19NO3/c1-2-3-4-5-10-19-17-13-20-16(12-21-17)15-8-6-14(11-18)7-9-15/h2-9,16-17H,10,12-13H2,1H3/b3-2+,5-4+/t16-,17+/m1/s1. The maximum absolute atomic E-state index is 8.78. The van der Waals surface area contributed by atoms with E-state index < -0.39 is 0 Å². The van der Waals surface area contributed by atoms with Crippen LogP contribution in [0.5, 0.6) is 0 Å². The van der Waals surface area contributed by atoms with Gasteiger partial charge in [0.25, 0.3) is 0 Å². The predicted octanol–water partition coefficient (Wildman–Crippen LogP) is 3.12. The van der Waals surface area contributed by atoms with Crippen LogP contribution in [0.1, 0.15) is 24.2 Å². The highest BCUT2D eigenvalue weighted by molar-refractivity contribution is 5.32. The maximum atomic E-state index is 8.78. The average Bonchev–Trinajstić information content (AvgIpc) is 2.55. The summed E-state index contributed by atoms with van der Waals surface area (Å²) in [6.07, 6.45) is 7.34. The van der Waals surface area contributed by atoms with Gasteiger partial charge in [0.05, 0.1) is 31.5 Å². The highest BCUT2D eigenvalue weighted by atomic mass is 16.7. The molecule has 1 aromatic carbocycles. The van der Waals surface area contributed by atoms with Crippen molar-refractivity contribution in [1.29, 1.82) is 5.26 Å². The van der Waals surface area contributed by atoms with Gasteiger partial charge in [-0.15, -0.1) is 0 Å². The summed E-state index contributed by atoms with van der Waals surface area (Å²) in [5, 5.41) is 8.78. The first-order chi connectivity index (χ1) is 10.3. The van der Waals surface area contributed by atoms with E-state index >= 15 is 0 Å². The topological polar surface area (TPSA) is 51.5 Å². The van der Waals surface area contributed by atoms with Gasteiger partial charge in [-0.05, 0) is 24.6 Å². The van der Waals surface area contributed by atoms with E-state index in [2.05, 4.69) is 6.07 Å². The van der Waals surface area contributed by atoms with Crippen LogP contribution in [0.2, 0.25) is 0 Å². The third-order valence-corrected chi connectivity index (χ3v) is 3.10. The Kier molecular flexibility index (Phi) is 6.17. The second-order valence-corrected chi connectivity index (χ2v) is 4.61. The Bertz CT molecular complexity index is 520. The van der Waals surface area contributed by atoms with Crippen molar-refractivity contribution in [2.24, 2.45) is 0 Å². The highest BCUT2D eigenvalue weighted by Crippen LogP contribution is 2.23. The minimum atomic E-state index is -0.324. The first kappa shape index (κ1) is 15.5. The Labute approximate surface area is 125 Å². The zero-order valence-corrected chi connectivity index (χ0v) is 12.1. The predicted molar refractivity (Wildman–Crippen MR) is 79.5 cm³/mol. The molecule has 2 atom stereocenters. The summed E-state index contributed by atoms with van der Waals surface area (Å²) in [7, 11) is 0. The van der Waals surface area contributed by atoms with Crippen LogP contribution in [-0.2, 0) is 14.2 Å². The first-order valence-electron chi connectivity index (χ1n) is 6.96. The molecule has 4 heteroatoms. The van der Waals surface area contributed by atoms with E-state index in [1.165, 1.54) is 0 Å². The van der Waals surface area contributed by atoms with Crippen LogP contribution in [-0.4, -0.2) is 26.1 Å². The minimum absolute atomic E-state index is 0.101. The van der Waals surface area contributed by atoms with Gasteiger partial charge >= 0.3 is 0 Å². The SMILES string of the molecule is C/C=C/C=C/CO[C@@H]1CO[C@@H](c2ccc(C#N)cc2)CO1. The first-order valence-corrected chi connectivity index (χ1v) is 6.96. The van der Waals surface area contributed by atoms with Gasteiger partial charge in [0.2, 0.25) is 0 Å². The molecule has 0 unspecified atom stereocenters. The van der Waals surface area contributed by atoms with Crippen LogP contribution >= 0.6 is 0 Å². The lowest BCUT2D eigenvalue weighted by atomic mass is 10.1. The molecule has 0 amide bonds. The number of nitriles is 1. The molecule has 1 aliphatic heterocycles. The van der Waals surface area contributed by atoms with Gasteiger partial charge in [-0.1, -0.05) is 36.4 Å². The highest BCUT2D eigenvalue weighted by Gasteiger charge is 2.23. The van der Waals surface area contributed by atoms with Crippen molar-refractivity contribution in [3.63, 3.8) is 0 Å². The quantitative estimate of drug-likeness (QED) is 0.780. The number of allylic oxidation sites excluding steroid dienone is 3. The van der Waals surface area contributed by atoms with E-state index in [1.807, 2.05) is 43.4 Å². The molecule has 0 bridgehead atoms. The lowest BCUT2D eigenvalue weighted by Crippen LogP contribution is -2.33. The van der Waals surface area contributed by atoms with Crippen molar-refractivity contribution in [3.05, 3.63) is 59.7 Å². The molecule has 0 aromatic heterocycles. The molecule has 1 fully saturated rings. The van der Waals surface area contributed by atoms with Gasteiger partial charge in [0.1, 0.15) is 6.10 Å². The lowest BCUT2D eigenvalue weighted by molar-refractivity contribution is -0.232. The molecule has 1 aromatic rings. The normalized spacial score (nSPS) is 22.7. The molecule has 21 heavy (non-hydrogen) atoms. The van der Waals surface area contributed by atoms with Crippen molar-refractivity contribution in [1.82, 2.24) is 0 Å². The molecular formula is C17H19NO3. The van der Waals surface area contributed by atoms with Gasteiger partial charge in [-0.2, -0.15) is 5.26 Å². The van der Waals surface area contributed by atoms with Crippen molar-refractivity contribution < 1.29 is 14.2 Å². The number of ether oxygens (including phenoxy) is 3. The van der Waals surface area contributed by atoms with Crippen molar-refractivity contribution in [3.8, 4) is 6.07 Å². The summed E-state index contributed by atoms with van der Waals surface area (Å²) in [6.45, 7) is 3.32. The number of hydrogen-bond donors (Lipinski definition) is 0. The third-order valence-electron chi connectivity index (χ3n) is 3.10. The van der Waals surface area contributed by atoms with Gasteiger partial charge in [0.15, 0.2) is 6.29 Å². The zero-order valence-electron chi connectivity index (χ0n) is 12.1. The number of hydrogen-bond acceptors (Lipinski definition) is 4. The van der Waals surface area contributed by atoms with E-state index in [1.54, 1.807) is 12.1 Å². The maximum Gasteiger partial charge on any atom is 0.181 e. The van der Waals surface area contributed by atoms with Crippen LogP contribution in [0.25, 0.3) is 0 Å². The monoisotopic (exact) mass is 285 g/mol. The largest absolute Gasteiger partial charge is 0.366 e. The molecule has 0 aliphatic carbocycles. The molecule has 1 heterocycles. The fourth-order valence-electron chi connectivity index (χ4n) is 1.95. The Morgan fingerprint density at radius 2 is 2.05 bits per heavy atom. The summed E-state index contributed by atoms with van der Waals surface area (Å²) in [5.41, 5.74) is 1.66. The molecule has 1 saturated heterocycles. The van der Waals surface area contributed by atoms with E-state index in [9.17, 15) is 0 Å². The van der Waals surface area contributed by atoms with Gasteiger partial charge in [-0.3, -0.25) is 0 Å². The molecule has 0 radical (unpaired) electrons. The summed E-state index contributed by atoms with van der Waals surface area (Å²) in [5.74, 6) is 0. The Morgan fingerprint density at radius 1 is 1.24 bits per heavy atom. The van der Waals surface area contributed by atoms with Crippen LogP contribution in [0.4, 0.5) is 0 Å². The second kappa shape index (κ2) is 8.38. The Balaban J connectivity index is 1.76. The zero-order chi connectivity index (χ0) is 14.9. The summed E-state index contributed by atoms with van der Waals surface area (Å²) < 4.78 is 16.9. The van der Waals surface area contributed by atoms with Gasteiger partial charge in [0, 0.05) is 0 Å². The summed E-state index contributed by atoms with van der Waals surface area (Å²) in [4.78, 5) is 0. The number of benzene rings is 1. The minimum Gasteiger partial charge on any atom is -0.366 e. The summed E-state index contributed by atoms with van der Waals surface area (Å²) in [6, 6.07) is 9.46. The smallest absolute Gasteiger partial charge is 0.181 e. The number of nitrogens with zero attached hydrogens (tertiary/aromatic N) is 1. The van der Waals surface area contributed by atoms with Crippen molar-refractivity contribution in [2.75, 3.05) is 19.8 Å². The van der Waals surface area contributed by atoms with Crippen LogP contribution in [0, 0.1) is 11.3 Å². The van der Waals surface area contributed by atoms with Crippen LogP contribution < -0.4 is 0 Å². The molecule has 4 nitrogen and oxygen atoms in total. The molecule has 1 aliphatic rings. The Morgan fingerprint density at radius 3 is 2.67 bits per heavy atom.